The molecule has 110 valence electrons. The highest BCUT2D eigenvalue weighted by atomic mass is 35.5. The molecule has 0 fully saturated rings. The summed E-state index contributed by atoms with van der Waals surface area (Å²) in [5.74, 6) is -0.594. The fourth-order valence-electron chi connectivity index (χ4n) is 1.86. The van der Waals surface area contributed by atoms with E-state index in [1.165, 1.54) is 12.1 Å². The minimum Gasteiger partial charge on any atom is -0.293 e. The number of rotatable bonds is 5. The number of ketones is 1. The zero-order valence-electron chi connectivity index (χ0n) is 11.5. The van der Waals surface area contributed by atoms with Crippen molar-refractivity contribution in [2.45, 2.75) is 17.7 Å². The standard InChI is InChI=1S/C16H15ClO3S/c1-12-2-8-15(9-3-12)21(19,20)11-16(18)14-6-4-13(10-17)5-7-14/h2-9H,10-11H2,1H3. The van der Waals surface area contributed by atoms with Crippen LogP contribution in [0.3, 0.4) is 0 Å². The molecule has 0 aromatic heterocycles. The van der Waals surface area contributed by atoms with Gasteiger partial charge in [0.25, 0.3) is 0 Å². The fraction of sp³-hybridized carbons (Fsp3) is 0.188. The van der Waals surface area contributed by atoms with Gasteiger partial charge in [-0.15, -0.1) is 11.6 Å². The van der Waals surface area contributed by atoms with Gasteiger partial charge in [0.2, 0.25) is 0 Å². The largest absolute Gasteiger partial charge is 0.293 e. The molecule has 2 aromatic carbocycles. The molecule has 0 saturated carbocycles. The average Bonchev–Trinajstić information content (AvgIpc) is 2.47. The second kappa shape index (κ2) is 6.41. The third-order valence-corrected chi connectivity index (χ3v) is 5.07. The van der Waals surface area contributed by atoms with E-state index >= 15 is 0 Å². The zero-order chi connectivity index (χ0) is 15.5. The fourth-order valence-corrected chi connectivity index (χ4v) is 3.27. The van der Waals surface area contributed by atoms with Gasteiger partial charge in [0.1, 0.15) is 5.75 Å². The summed E-state index contributed by atoms with van der Waals surface area (Å²) in [5.41, 5.74) is 2.23. The summed E-state index contributed by atoms with van der Waals surface area (Å²) in [6.45, 7) is 1.87. The lowest BCUT2D eigenvalue weighted by molar-refractivity contribution is 0.102. The number of aryl methyl sites for hydroxylation is 1. The Morgan fingerprint density at radius 1 is 1.00 bits per heavy atom. The Balaban J connectivity index is 2.19. The van der Waals surface area contributed by atoms with Gasteiger partial charge in [-0.25, -0.2) is 8.42 Å². The Morgan fingerprint density at radius 2 is 1.57 bits per heavy atom. The molecule has 2 aromatic rings. The van der Waals surface area contributed by atoms with E-state index in [9.17, 15) is 13.2 Å². The predicted molar refractivity (Wildman–Crippen MR) is 83.6 cm³/mol. The summed E-state index contributed by atoms with van der Waals surface area (Å²) in [4.78, 5) is 12.3. The van der Waals surface area contributed by atoms with Crippen LogP contribution in [0.5, 0.6) is 0 Å². The molecule has 0 N–H and O–H groups in total. The van der Waals surface area contributed by atoms with E-state index in [0.717, 1.165) is 11.1 Å². The first-order valence-corrected chi connectivity index (χ1v) is 8.58. The highest BCUT2D eigenvalue weighted by Gasteiger charge is 2.20. The molecule has 5 heteroatoms. The minimum absolute atomic E-state index is 0.166. The van der Waals surface area contributed by atoms with Gasteiger partial charge in [-0.3, -0.25) is 4.79 Å². The smallest absolute Gasteiger partial charge is 0.185 e. The van der Waals surface area contributed by atoms with Crippen molar-refractivity contribution in [2.75, 3.05) is 5.75 Å². The summed E-state index contributed by atoms with van der Waals surface area (Å²) in [5, 5.41) is 0. The lowest BCUT2D eigenvalue weighted by Crippen LogP contribution is -2.16. The van der Waals surface area contributed by atoms with E-state index in [1.54, 1.807) is 36.4 Å². The van der Waals surface area contributed by atoms with Crippen LogP contribution in [0.25, 0.3) is 0 Å². The van der Waals surface area contributed by atoms with Crippen LogP contribution in [-0.2, 0) is 15.7 Å². The van der Waals surface area contributed by atoms with Crippen molar-refractivity contribution >= 4 is 27.2 Å². The first-order valence-electron chi connectivity index (χ1n) is 6.40. The number of Topliss-reactive ketones (excluding diaryl/α,β-unsaturated/α-hetero) is 1. The van der Waals surface area contributed by atoms with Crippen molar-refractivity contribution in [3.63, 3.8) is 0 Å². The summed E-state index contributed by atoms with van der Waals surface area (Å²) in [6, 6.07) is 13.1. The molecule has 0 atom stereocenters. The van der Waals surface area contributed by atoms with E-state index < -0.39 is 21.4 Å². The van der Waals surface area contributed by atoms with Gasteiger partial charge in [-0.2, -0.15) is 0 Å². The SMILES string of the molecule is Cc1ccc(S(=O)(=O)CC(=O)c2ccc(CCl)cc2)cc1. The average molecular weight is 323 g/mol. The van der Waals surface area contributed by atoms with Crippen LogP contribution in [0.4, 0.5) is 0 Å². The second-order valence-corrected chi connectivity index (χ2v) is 7.08. The van der Waals surface area contributed by atoms with Gasteiger partial charge in [0.15, 0.2) is 15.6 Å². The Morgan fingerprint density at radius 3 is 2.10 bits per heavy atom. The second-order valence-electron chi connectivity index (χ2n) is 4.83. The van der Waals surface area contributed by atoms with E-state index in [-0.39, 0.29) is 4.90 Å². The van der Waals surface area contributed by atoms with E-state index in [1.807, 2.05) is 6.92 Å². The Bertz CT molecular complexity index is 732. The summed E-state index contributed by atoms with van der Waals surface area (Å²) < 4.78 is 24.4. The molecule has 0 radical (unpaired) electrons. The molecule has 0 unspecified atom stereocenters. The third-order valence-electron chi connectivity index (χ3n) is 3.13. The number of alkyl halides is 1. The molecular weight excluding hydrogens is 308 g/mol. The molecule has 3 nitrogen and oxygen atoms in total. The number of hydrogen-bond donors (Lipinski definition) is 0. The van der Waals surface area contributed by atoms with Crippen LogP contribution in [0.1, 0.15) is 21.5 Å². The minimum atomic E-state index is -3.62. The van der Waals surface area contributed by atoms with Gasteiger partial charge in [-0.05, 0) is 24.6 Å². The third kappa shape index (κ3) is 3.93. The molecule has 0 heterocycles. The summed E-state index contributed by atoms with van der Waals surface area (Å²) in [6.07, 6.45) is 0. The molecule has 0 aliphatic heterocycles. The molecule has 0 aliphatic carbocycles. The number of hydrogen-bond acceptors (Lipinski definition) is 3. The van der Waals surface area contributed by atoms with Gasteiger partial charge in [0.05, 0.1) is 4.90 Å². The maximum absolute atomic E-state index is 12.2. The van der Waals surface area contributed by atoms with Crippen LogP contribution in [0.15, 0.2) is 53.4 Å². The summed E-state index contributed by atoms with van der Waals surface area (Å²) >= 11 is 5.68. The molecule has 0 amide bonds. The normalized spacial score (nSPS) is 11.3. The van der Waals surface area contributed by atoms with E-state index in [0.29, 0.717) is 11.4 Å². The van der Waals surface area contributed by atoms with Crippen molar-refractivity contribution in [1.82, 2.24) is 0 Å². The first-order chi connectivity index (χ1) is 9.92. The lowest BCUT2D eigenvalue weighted by Gasteiger charge is -2.05. The number of carbonyl (C=O) groups excluding carboxylic acids is 1. The number of benzene rings is 2. The van der Waals surface area contributed by atoms with Crippen LogP contribution < -0.4 is 0 Å². The molecule has 0 bridgehead atoms. The van der Waals surface area contributed by atoms with Crippen LogP contribution >= 0.6 is 11.6 Å². The van der Waals surface area contributed by atoms with Crippen molar-refractivity contribution in [3.8, 4) is 0 Å². The predicted octanol–water partition coefficient (Wildman–Crippen LogP) is 3.39. The van der Waals surface area contributed by atoms with Crippen LogP contribution in [-0.4, -0.2) is 20.0 Å². The summed E-state index contributed by atoms with van der Waals surface area (Å²) in [7, 11) is -3.62. The number of sulfone groups is 1. The van der Waals surface area contributed by atoms with Crippen molar-refractivity contribution in [1.29, 1.82) is 0 Å². The quantitative estimate of drug-likeness (QED) is 0.626. The van der Waals surface area contributed by atoms with Gasteiger partial charge in [0, 0.05) is 11.4 Å². The van der Waals surface area contributed by atoms with Gasteiger partial charge < -0.3 is 0 Å². The Labute approximate surface area is 129 Å². The zero-order valence-corrected chi connectivity index (χ0v) is 13.1. The van der Waals surface area contributed by atoms with Gasteiger partial charge in [-0.1, -0.05) is 42.0 Å². The molecule has 0 spiro atoms. The van der Waals surface area contributed by atoms with Crippen molar-refractivity contribution < 1.29 is 13.2 Å². The molecular formula is C16H15ClO3S. The Hall–Kier alpha value is -1.65. The maximum Gasteiger partial charge on any atom is 0.185 e. The lowest BCUT2D eigenvalue weighted by atomic mass is 10.1. The van der Waals surface area contributed by atoms with Crippen LogP contribution in [0.2, 0.25) is 0 Å². The molecule has 2 rings (SSSR count). The first kappa shape index (κ1) is 15.7. The molecule has 0 aliphatic rings. The van der Waals surface area contributed by atoms with Crippen molar-refractivity contribution in [3.05, 3.63) is 65.2 Å². The van der Waals surface area contributed by atoms with Crippen LogP contribution in [0, 0.1) is 6.92 Å². The topological polar surface area (TPSA) is 51.2 Å². The molecule has 0 saturated heterocycles. The number of halogens is 1. The monoisotopic (exact) mass is 322 g/mol. The number of carbonyl (C=O) groups is 1. The molecule has 21 heavy (non-hydrogen) atoms. The van der Waals surface area contributed by atoms with E-state index in [4.69, 9.17) is 11.6 Å². The van der Waals surface area contributed by atoms with Gasteiger partial charge >= 0.3 is 0 Å². The van der Waals surface area contributed by atoms with Crippen molar-refractivity contribution in [2.24, 2.45) is 0 Å². The highest BCUT2D eigenvalue weighted by molar-refractivity contribution is 7.92. The highest BCUT2D eigenvalue weighted by Crippen LogP contribution is 2.15. The van der Waals surface area contributed by atoms with E-state index in [2.05, 4.69) is 0 Å². The maximum atomic E-state index is 12.2. The Kier molecular flexibility index (Phi) is 4.80.